The van der Waals surface area contributed by atoms with Gasteiger partial charge >= 0.3 is 6.09 Å². The molecule has 188 valence electrons. The number of para-hydroxylation sites is 2. The number of nitrogens with two attached hydrogens (primary N) is 1. The summed E-state index contributed by atoms with van der Waals surface area (Å²) in [5.74, 6) is -0.00636. The standard InChI is InChI=1S/C27H28BrN3O5/c1-35-25-16-11-18(17-23(25)32)24(36-27(34)30-20-14-12-19(28)13-15-20)9-3-2-4-10-26(33)31-22-8-6-5-7-21(22)29/h4-8,10-17,24,32H,2-3,9,29H2,1H3,(H,30,34)(H,31,33)/b10-4+/t24-/m0/s1. The second-order valence-corrected chi connectivity index (χ2v) is 8.78. The van der Waals surface area contributed by atoms with E-state index in [4.69, 9.17) is 15.2 Å². The largest absolute Gasteiger partial charge is 0.504 e. The molecule has 0 heterocycles. The van der Waals surface area contributed by atoms with E-state index in [-0.39, 0.29) is 11.7 Å². The smallest absolute Gasteiger partial charge is 0.412 e. The van der Waals surface area contributed by atoms with Crippen LogP contribution in [-0.2, 0) is 9.53 Å². The molecule has 0 aliphatic carbocycles. The summed E-state index contributed by atoms with van der Waals surface area (Å²) in [7, 11) is 1.46. The third kappa shape index (κ3) is 8.06. The van der Waals surface area contributed by atoms with Crippen LogP contribution in [0.15, 0.2) is 83.4 Å². The third-order valence-electron chi connectivity index (χ3n) is 5.24. The molecule has 36 heavy (non-hydrogen) atoms. The number of rotatable bonds is 10. The Kier molecular flexibility index (Phi) is 9.76. The third-order valence-corrected chi connectivity index (χ3v) is 5.77. The molecular formula is C27H28BrN3O5. The highest BCUT2D eigenvalue weighted by Crippen LogP contribution is 2.32. The van der Waals surface area contributed by atoms with Gasteiger partial charge in [-0.1, -0.05) is 40.2 Å². The number of unbranched alkanes of at least 4 members (excludes halogenated alkanes) is 1. The van der Waals surface area contributed by atoms with Crippen LogP contribution in [0.3, 0.4) is 0 Å². The predicted molar refractivity (Wildman–Crippen MR) is 144 cm³/mol. The first kappa shape index (κ1) is 26.6. The molecule has 8 nitrogen and oxygen atoms in total. The van der Waals surface area contributed by atoms with Crippen LogP contribution in [0, 0.1) is 0 Å². The predicted octanol–water partition coefficient (Wildman–Crippen LogP) is 6.40. The molecule has 0 saturated heterocycles. The number of halogens is 1. The molecule has 0 radical (unpaired) electrons. The van der Waals surface area contributed by atoms with Gasteiger partial charge in [0.2, 0.25) is 5.91 Å². The van der Waals surface area contributed by atoms with Crippen molar-refractivity contribution in [1.82, 2.24) is 0 Å². The number of carbonyl (C=O) groups is 2. The Hall–Kier alpha value is -3.98. The lowest BCUT2D eigenvalue weighted by atomic mass is 10.0. The zero-order valence-electron chi connectivity index (χ0n) is 19.7. The number of hydrogen-bond acceptors (Lipinski definition) is 6. The molecule has 3 aromatic carbocycles. The lowest BCUT2D eigenvalue weighted by molar-refractivity contribution is -0.111. The van der Waals surface area contributed by atoms with Gasteiger partial charge in [-0.15, -0.1) is 0 Å². The summed E-state index contributed by atoms with van der Waals surface area (Å²) >= 11 is 3.36. The number of amides is 2. The molecule has 0 aliphatic heterocycles. The monoisotopic (exact) mass is 553 g/mol. The highest BCUT2D eigenvalue weighted by Gasteiger charge is 2.18. The Morgan fingerprint density at radius 3 is 2.53 bits per heavy atom. The minimum Gasteiger partial charge on any atom is -0.504 e. The molecule has 0 spiro atoms. The van der Waals surface area contributed by atoms with Gasteiger partial charge < -0.3 is 25.6 Å². The van der Waals surface area contributed by atoms with Gasteiger partial charge in [0.25, 0.3) is 0 Å². The maximum Gasteiger partial charge on any atom is 0.412 e. The number of nitrogen functional groups attached to an aromatic ring is 1. The van der Waals surface area contributed by atoms with Crippen LogP contribution >= 0.6 is 15.9 Å². The minimum absolute atomic E-state index is 0.0475. The summed E-state index contributed by atoms with van der Waals surface area (Å²) in [4.78, 5) is 24.7. The van der Waals surface area contributed by atoms with Gasteiger partial charge in [0.1, 0.15) is 6.10 Å². The maximum atomic E-state index is 12.6. The van der Waals surface area contributed by atoms with Gasteiger partial charge in [0, 0.05) is 10.2 Å². The van der Waals surface area contributed by atoms with Gasteiger partial charge in [-0.3, -0.25) is 10.1 Å². The first-order valence-corrected chi connectivity index (χ1v) is 12.1. The van der Waals surface area contributed by atoms with E-state index in [1.54, 1.807) is 54.6 Å². The quantitative estimate of drug-likeness (QED) is 0.131. The van der Waals surface area contributed by atoms with Gasteiger partial charge in [-0.2, -0.15) is 0 Å². The molecule has 0 unspecified atom stereocenters. The average Bonchev–Trinajstić information content (AvgIpc) is 2.86. The van der Waals surface area contributed by atoms with Crippen LogP contribution in [0.4, 0.5) is 21.9 Å². The van der Waals surface area contributed by atoms with E-state index in [0.29, 0.717) is 47.6 Å². The van der Waals surface area contributed by atoms with E-state index in [0.717, 1.165) is 4.47 Å². The van der Waals surface area contributed by atoms with Gasteiger partial charge in [0.15, 0.2) is 11.5 Å². The molecule has 3 aromatic rings. The topological polar surface area (TPSA) is 123 Å². The van der Waals surface area contributed by atoms with E-state index in [2.05, 4.69) is 26.6 Å². The van der Waals surface area contributed by atoms with Crippen LogP contribution in [0.1, 0.15) is 30.9 Å². The Bertz CT molecular complexity index is 1210. The number of phenolic OH excluding ortho intramolecular Hbond substituents is 1. The molecule has 0 fully saturated rings. The first-order valence-electron chi connectivity index (χ1n) is 11.3. The van der Waals surface area contributed by atoms with Crippen molar-refractivity contribution in [1.29, 1.82) is 0 Å². The van der Waals surface area contributed by atoms with Crippen molar-refractivity contribution in [2.75, 3.05) is 23.5 Å². The van der Waals surface area contributed by atoms with Crippen molar-refractivity contribution in [2.24, 2.45) is 0 Å². The number of ether oxygens (including phenoxy) is 2. The molecule has 0 aliphatic rings. The fraction of sp³-hybridized carbons (Fsp3) is 0.185. The molecule has 2 amide bonds. The number of phenols is 1. The fourth-order valence-electron chi connectivity index (χ4n) is 3.41. The Balaban J connectivity index is 1.60. The van der Waals surface area contributed by atoms with Crippen molar-refractivity contribution in [3.63, 3.8) is 0 Å². The highest BCUT2D eigenvalue weighted by atomic mass is 79.9. The average molecular weight is 554 g/mol. The Morgan fingerprint density at radius 1 is 1.08 bits per heavy atom. The zero-order chi connectivity index (χ0) is 25.9. The molecule has 1 atom stereocenters. The Morgan fingerprint density at radius 2 is 1.83 bits per heavy atom. The zero-order valence-corrected chi connectivity index (χ0v) is 21.3. The van der Waals surface area contributed by atoms with Crippen molar-refractivity contribution < 1.29 is 24.2 Å². The number of methoxy groups -OCH3 is 1. The molecule has 0 aromatic heterocycles. The van der Waals surface area contributed by atoms with E-state index in [1.807, 2.05) is 12.1 Å². The number of allylic oxidation sites excluding steroid dienone is 1. The van der Waals surface area contributed by atoms with E-state index in [1.165, 1.54) is 19.3 Å². The van der Waals surface area contributed by atoms with E-state index < -0.39 is 12.2 Å². The van der Waals surface area contributed by atoms with Crippen molar-refractivity contribution >= 4 is 45.0 Å². The van der Waals surface area contributed by atoms with Gasteiger partial charge in [-0.05, 0) is 79.4 Å². The van der Waals surface area contributed by atoms with Crippen LogP contribution in [0.2, 0.25) is 0 Å². The summed E-state index contributed by atoms with van der Waals surface area (Å²) in [6, 6.07) is 19.0. The molecule has 9 heteroatoms. The van der Waals surface area contributed by atoms with Crippen LogP contribution in [-0.4, -0.2) is 24.2 Å². The number of nitrogens with one attached hydrogen (secondary N) is 2. The van der Waals surface area contributed by atoms with E-state index >= 15 is 0 Å². The second kappa shape index (κ2) is 13.2. The first-order chi connectivity index (χ1) is 17.4. The van der Waals surface area contributed by atoms with Gasteiger partial charge in [0.05, 0.1) is 18.5 Å². The Labute approximate surface area is 218 Å². The maximum absolute atomic E-state index is 12.6. The molecule has 0 bridgehead atoms. The van der Waals surface area contributed by atoms with Gasteiger partial charge in [-0.25, -0.2) is 4.79 Å². The summed E-state index contributed by atoms with van der Waals surface area (Å²) in [5.41, 5.74) is 8.10. The fourth-order valence-corrected chi connectivity index (χ4v) is 3.67. The molecular weight excluding hydrogens is 526 g/mol. The summed E-state index contributed by atoms with van der Waals surface area (Å²) < 4.78 is 11.7. The number of carbonyl (C=O) groups excluding carboxylic acids is 2. The molecule has 3 rings (SSSR count). The molecule has 5 N–H and O–H groups in total. The summed E-state index contributed by atoms with van der Waals surface area (Å²) in [5, 5.41) is 15.6. The number of hydrogen-bond donors (Lipinski definition) is 4. The second-order valence-electron chi connectivity index (χ2n) is 7.87. The van der Waals surface area contributed by atoms with Crippen LogP contribution < -0.4 is 21.1 Å². The number of benzene rings is 3. The van der Waals surface area contributed by atoms with E-state index in [9.17, 15) is 14.7 Å². The number of aromatic hydroxyl groups is 1. The lowest BCUT2D eigenvalue weighted by Crippen LogP contribution is -2.17. The number of anilines is 3. The van der Waals surface area contributed by atoms with Crippen LogP contribution in [0.25, 0.3) is 0 Å². The minimum atomic E-state index is -0.622. The van der Waals surface area contributed by atoms with Crippen LogP contribution in [0.5, 0.6) is 11.5 Å². The SMILES string of the molecule is COc1ccc([C@H](CCC/C=C/C(=O)Nc2ccccc2N)OC(=O)Nc2ccc(Br)cc2)cc1O. The van der Waals surface area contributed by atoms with Crippen molar-refractivity contribution in [3.05, 3.63) is 88.9 Å². The lowest BCUT2D eigenvalue weighted by Gasteiger charge is -2.19. The molecule has 0 saturated carbocycles. The van der Waals surface area contributed by atoms with Crippen molar-refractivity contribution in [2.45, 2.75) is 25.4 Å². The highest BCUT2D eigenvalue weighted by molar-refractivity contribution is 9.10. The van der Waals surface area contributed by atoms with Crippen molar-refractivity contribution in [3.8, 4) is 11.5 Å². The summed E-state index contributed by atoms with van der Waals surface area (Å²) in [6.07, 6.45) is 3.63. The summed E-state index contributed by atoms with van der Waals surface area (Å²) in [6.45, 7) is 0. The normalized spacial score (nSPS) is 11.6.